The lowest BCUT2D eigenvalue weighted by molar-refractivity contribution is -0.161. The maximum atomic E-state index is 13.2. The SMILES string of the molecule is CC(C)(O)[C@H](O)CC[C@](C)(O)[C@H]1CC[C@@]2(O)C3=CC(=O)[C@@H]4C[C@@H](O)[C@@H](O)C[C@]4(C)[C@H]3CC[C@]12C. The lowest BCUT2D eigenvalue weighted by Gasteiger charge is -2.60. The minimum absolute atomic E-state index is 0.0591. The average Bonchev–Trinajstić information content (AvgIpc) is 3.00. The van der Waals surface area contributed by atoms with Gasteiger partial charge in [0.05, 0.1) is 35.1 Å². The molecule has 0 heterocycles. The monoisotopic (exact) mass is 480 g/mol. The van der Waals surface area contributed by atoms with E-state index in [0.29, 0.717) is 32.1 Å². The molecule has 34 heavy (non-hydrogen) atoms. The summed E-state index contributed by atoms with van der Waals surface area (Å²) in [5.74, 6) is -0.742. The topological polar surface area (TPSA) is 138 Å². The standard InChI is InChI=1S/C27H44O7/c1-23(2,32)22(31)8-10-26(5,33)21-7-11-27(34)16-12-18(28)17-13-19(29)20(30)14-24(17,3)15(16)6-9-25(21,27)4/h12,15,17,19-22,29-34H,6-11,13-14H2,1-5H3/t15-,17-,19+,20-,21-,22+,24+,25+,26-,27+/m0/s1. The molecule has 194 valence electrons. The number of fused-ring (bicyclic) bond motifs is 5. The molecule has 7 nitrogen and oxygen atoms in total. The van der Waals surface area contributed by atoms with Crippen molar-refractivity contribution in [3.05, 3.63) is 11.6 Å². The first kappa shape index (κ1) is 26.2. The molecule has 0 bridgehead atoms. The molecule has 10 atom stereocenters. The van der Waals surface area contributed by atoms with E-state index in [4.69, 9.17) is 0 Å². The van der Waals surface area contributed by atoms with Crippen molar-refractivity contribution in [1.29, 1.82) is 0 Å². The molecule has 0 saturated heterocycles. The first-order valence-corrected chi connectivity index (χ1v) is 12.9. The molecule has 0 spiro atoms. The highest BCUT2D eigenvalue weighted by molar-refractivity contribution is 5.95. The van der Waals surface area contributed by atoms with Gasteiger partial charge >= 0.3 is 0 Å². The molecule has 0 aromatic heterocycles. The van der Waals surface area contributed by atoms with Gasteiger partial charge in [-0.3, -0.25) is 4.79 Å². The van der Waals surface area contributed by atoms with E-state index in [1.54, 1.807) is 26.8 Å². The third-order valence-electron chi connectivity index (χ3n) is 10.6. The molecule has 7 heteroatoms. The summed E-state index contributed by atoms with van der Waals surface area (Å²) < 4.78 is 0. The molecule has 4 aliphatic carbocycles. The summed E-state index contributed by atoms with van der Waals surface area (Å²) in [6.45, 7) is 8.89. The Morgan fingerprint density at radius 1 is 1.06 bits per heavy atom. The highest BCUT2D eigenvalue weighted by Gasteiger charge is 2.68. The van der Waals surface area contributed by atoms with Crippen LogP contribution in [0.4, 0.5) is 0 Å². The molecule has 0 unspecified atom stereocenters. The summed E-state index contributed by atoms with van der Waals surface area (Å²) in [6.07, 6.45) is 2.43. The fourth-order valence-corrected chi connectivity index (χ4v) is 8.32. The van der Waals surface area contributed by atoms with Crippen molar-refractivity contribution in [3.63, 3.8) is 0 Å². The number of ketones is 1. The Bertz CT molecular complexity index is 860. The van der Waals surface area contributed by atoms with Crippen LogP contribution in [0.3, 0.4) is 0 Å². The molecule has 0 aromatic rings. The maximum Gasteiger partial charge on any atom is 0.159 e. The fourth-order valence-electron chi connectivity index (χ4n) is 8.32. The number of hydrogen-bond acceptors (Lipinski definition) is 7. The Morgan fingerprint density at radius 2 is 1.71 bits per heavy atom. The number of aliphatic hydroxyl groups is 6. The lowest BCUT2D eigenvalue weighted by Crippen LogP contribution is -2.61. The van der Waals surface area contributed by atoms with E-state index in [1.807, 2.05) is 13.8 Å². The van der Waals surface area contributed by atoms with E-state index in [1.165, 1.54) is 0 Å². The summed E-state index contributed by atoms with van der Waals surface area (Å²) in [7, 11) is 0. The molecule has 3 saturated carbocycles. The molecule has 0 radical (unpaired) electrons. The van der Waals surface area contributed by atoms with Gasteiger partial charge in [-0.1, -0.05) is 13.8 Å². The van der Waals surface area contributed by atoms with Crippen molar-refractivity contribution in [1.82, 2.24) is 0 Å². The van der Waals surface area contributed by atoms with Crippen molar-refractivity contribution < 1.29 is 35.4 Å². The van der Waals surface area contributed by atoms with Gasteiger partial charge in [-0.05, 0) is 101 Å². The van der Waals surface area contributed by atoms with E-state index >= 15 is 0 Å². The van der Waals surface area contributed by atoms with Gasteiger partial charge in [-0.2, -0.15) is 0 Å². The zero-order chi connectivity index (χ0) is 25.5. The first-order chi connectivity index (χ1) is 15.5. The summed E-state index contributed by atoms with van der Waals surface area (Å²) in [4.78, 5) is 13.2. The Labute approximate surface area is 202 Å². The summed E-state index contributed by atoms with van der Waals surface area (Å²) >= 11 is 0. The van der Waals surface area contributed by atoms with E-state index in [9.17, 15) is 35.4 Å². The van der Waals surface area contributed by atoms with Gasteiger partial charge in [0.25, 0.3) is 0 Å². The van der Waals surface area contributed by atoms with Gasteiger partial charge < -0.3 is 30.6 Å². The largest absolute Gasteiger partial charge is 0.390 e. The summed E-state index contributed by atoms with van der Waals surface area (Å²) in [5.41, 5.74) is -4.07. The third kappa shape index (κ3) is 3.73. The van der Waals surface area contributed by atoms with Gasteiger partial charge in [0, 0.05) is 11.3 Å². The number of allylic oxidation sites excluding steroid dienone is 1. The number of carbonyl (C=O) groups excluding carboxylic acids is 1. The number of aliphatic hydroxyl groups excluding tert-OH is 3. The zero-order valence-electron chi connectivity index (χ0n) is 21.3. The van der Waals surface area contributed by atoms with Gasteiger partial charge in [-0.25, -0.2) is 0 Å². The second-order valence-electron chi connectivity index (χ2n) is 13.2. The van der Waals surface area contributed by atoms with E-state index in [-0.39, 0.29) is 36.4 Å². The lowest BCUT2D eigenvalue weighted by atomic mass is 9.45. The van der Waals surface area contributed by atoms with Crippen molar-refractivity contribution in [2.75, 3.05) is 0 Å². The second kappa shape index (κ2) is 8.09. The van der Waals surface area contributed by atoms with E-state index in [2.05, 4.69) is 0 Å². The molecule has 0 aliphatic heterocycles. The van der Waals surface area contributed by atoms with Crippen molar-refractivity contribution in [2.45, 2.75) is 121 Å². The highest BCUT2D eigenvalue weighted by Crippen LogP contribution is 2.68. The predicted octanol–water partition coefficient (Wildman–Crippen LogP) is 1.85. The minimum Gasteiger partial charge on any atom is -0.390 e. The van der Waals surface area contributed by atoms with Crippen LogP contribution in [0, 0.1) is 28.6 Å². The second-order valence-corrected chi connectivity index (χ2v) is 13.2. The molecule has 6 N–H and O–H groups in total. The van der Waals surface area contributed by atoms with Crippen LogP contribution in [0.1, 0.15) is 86.0 Å². The normalized spacial score (nSPS) is 47.2. The molecular weight excluding hydrogens is 436 g/mol. The number of rotatable bonds is 5. The van der Waals surface area contributed by atoms with Crippen molar-refractivity contribution in [3.8, 4) is 0 Å². The van der Waals surface area contributed by atoms with Gasteiger partial charge in [0.1, 0.15) is 0 Å². The predicted molar refractivity (Wildman–Crippen MR) is 127 cm³/mol. The highest BCUT2D eigenvalue weighted by atomic mass is 16.3. The molecule has 0 amide bonds. The Kier molecular flexibility index (Phi) is 6.24. The third-order valence-corrected chi connectivity index (χ3v) is 10.6. The van der Waals surface area contributed by atoms with Crippen molar-refractivity contribution >= 4 is 5.78 Å². The van der Waals surface area contributed by atoms with Crippen LogP contribution in [0.2, 0.25) is 0 Å². The first-order valence-electron chi connectivity index (χ1n) is 12.9. The van der Waals surface area contributed by atoms with Crippen LogP contribution in [0.25, 0.3) is 0 Å². The molecule has 3 fully saturated rings. The average molecular weight is 481 g/mol. The number of hydrogen-bond donors (Lipinski definition) is 6. The summed E-state index contributed by atoms with van der Waals surface area (Å²) in [6, 6.07) is 0. The molecular formula is C27H44O7. The van der Waals surface area contributed by atoms with Gasteiger partial charge in [0.2, 0.25) is 0 Å². The Hall–Kier alpha value is -0.830. The smallest absolute Gasteiger partial charge is 0.159 e. The van der Waals surface area contributed by atoms with Gasteiger partial charge in [0.15, 0.2) is 5.78 Å². The van der Waals surface area contributed by atoms with Crippen LogP contribution in [-0.4, -0.2) is 71.5 Å². The maximum absolute atomic E-state index is 13.2. The molecule has 0 aromatic carbocycles. The van der Waals surface area contributed by atoms with Crippen LogP contribution < -0.4 is 0 Å². The Morgan fingerprint density at radius 3 is 2.32 bits per heavy atom. The quantitative estimate of drug-likeness (QED) is 0.353. The van der Waals surface area contributed by atoms with Gasteiger partial charge in [-0.15, -0.1) is 0 Å². The van der Waals surface area contributed by atoms with Crippen LogP contribution >= 0.6 is 0 Å². The fraction of sp³-hybridized carbons (Fsp3) is 0.889. The van der Waals surface area contributed by atoms with Crippen molar-refractivity contribution in [2.24, 2.45) is 28.6 Å². The molecule has 4 aliphatic rings. The zero-order valence-corrected chi connectivity index (χ0v) is 21.3. The van der Waals surface area contributed by atoms with Crippen LogP contribution in [0.5, 0.6) is 0 Å². The van der Waals surface area contributed by atoms with E-state index in [0.717, 1.165) is 12.0 Å². The summed E-state index contributed by atoms with van der Waals surface area (Å²) in [5, 5.41) is 64.8. The van der Waals surface area contributed by atoms with E-state index < -0.39 is 45.9 Å². The number of carbonyl (C=O) groups is 1. The van der Waals surface area contributed by atoms with Crippen LogP contribution in [0.15, 0.2) is 11.6 Å². The molecule has 4 rings (SSSR count). The minimum atomic E-state index is -1.26. The van der Waals surface area contributed by atoms with Crippen LogP contribution in [-0.2, 0) is 4.79 Å². The Balaban J connectivity index is 1.64.